The van der Waals surface area contributed by atoms with Crippen molar-refractivity contribution in [3.05, 3.63) is 29.3 Å². The van der Waals surface area contributed by atoms with E-state index in [1.165, 1.54) is 32.1 Å². The Morgan fingerprint density at radius 3 is 2.81 bits per heavy atom. The van der Waals surface area contributed by atoms with Gasteiger partial charge in [0, 0.05) is 18.1 Å². The Kier molecular flexibility index (Phi) is 6.34. The van der Waals surface area contributed by atoms with Crippen LogP contribution in [-0.4, -0.2) is 30.9 Å². The summed E-state index contributed by atoms with van der Waals surface area (Å²) in [5.74, 6) is 0.697. The van der Waals surface area contributed by atoms with Gasteiger partial charge in [0.25, 0.3) is 0 Å². The quantitative estimate of drug-likeness (QED) is 0.770. The molecule has 0 spiro atoms. The van der Waals surface area contributed by atoms with Crippen molar-refractivity contribution >= 4 is 11.6 Å². The number of halogens is 1. The van der Waals surface area contributed by atoms with Crippen LogP contribution in [0.3, 0.4) is 0 Å². The van der Waals surface area contributed by atoms with E-state index in [4.69, 9.17) is 16.3 Å². The summed E-state index contributed by atoms with van der Waals surface area (Å²) in [5.41, 5.74) is 0.452. The van der Waals surface area contributed by atoms with Crippen LogP contribution < -0.4 is 10.1 Å². The second-order valence-electron chi connectivity index (χ2n) is 6.11. The van der Waals surface area contributed by atoms with Crippen LogP contribution >= 0.6 is 11.6 Å². The first-order valence-electron chi connectivity index (χ1n) is 7.91. The van der Waals surface area contributed by atoms with Crippen molar-refractivity contribution < 1.29 is 9.84 Å². The van der Waals surface area contributed by atoms with Crippen LogP contribution in [0, 0.1) is 5.41 Å². The van der Waals surface area contributed by atoms with E-state index in [1.807, 2.05) is 12.1 Å². The molecule has 0 bridgehead atoms. The maximum absolute atomic E-state index is 9.99. The predicted octanol–water partition coefficient (Wildman–Crippen LogP) is 3.64. The Labute approximate surface area is 132 Å². The zero-order valence-electron chi connectivity index (χ0n) is 12.8. The number of nitrogens with one attached hydrogen (secondary N) is 1. The van der Waals surface area contributed by atoms with E-state index in [2.05, 4.69) is 12.2 Å². The molecule has 0 aliphatic heterocycles. The number of aliphatic hydroxyl groups is 1. The zero-order chi connectivity index (χ0) is 15.1. The van der Waals surface area contributed by atoms with E-state index in [0.29, 0.717) is 22.7 Å². The first kappa shape index (κ1) is 16.6. The van der Waals surface area contributed by atoms with Crippen molar-refractivity contribution in [2.24, 2.45) is 5.41 Å². The minimum atomic E-state index is -0.501. The van der Waals surface area contributed by atoms with Crippen LogP contribution in [0.4, 0.5) is 0 Å². The number of hydrogen-bond acceptors (Lipinski definition) is 3. The van der Waals surface area contributed by atoms with Gasteiger partial charge in [-0.25, -0.2) is 0 Å². The molecule has 2 rings (SSSR count). The summed E-state index contributed by atoms with van der Waals surface area (Å²) in [6.45, 7) is 4.12. The van der Waals surface area contributed by atoms with Crippen LogP contribution in [0.25, 0.3) is 0 Å². The Bertz CT molecular complexity index is 433. The van der Waals surface area contributed by atoms with Gasteiger partial charge in [0.2, 0.25) is 0 Å². The standard InChI is InChI=1S/C17H26ClNO2/c1-2-17(8-3-4-9-17)13-19-11-15(20)12-21-16-7-5-6-14(18)10-16/h5-7,10,15,19-20H,2-4,8-9,11-13H2,1H3. The molecule has 118 valence electrons. The molecule has 0 amide bonds. The fourth-order valence-corrected chi connectivity index (χ4v) is 3.27. The molecule has 1 aromatic rings. The van der Waals surface area contributed by atoms with Crippen molar-refractivity contribution in [3.8, 4) is 5.75 Å². The Hall–Kier alpha value is -0.770. The molecule has 0 radical (unpaired) electrons. The van der Waals surface area contributed by atoms with Gasteiger partial charge in [-0.05, 0) is 42.9 Å². The van der Waals surface area contributed by atoms with Crippen LogP contribution in [0.15, 0.2) is 24.3 Å². The maximum Gasteiger partial charge on any atom is 0.120 e. The molecule has 1 aliphatic rings. The molecular weight excluding hydrogens is 286 g/mol. The molecule has 3 nitrogen and oxygen atoms in total. The summed E-state index contributed by atoms with van der Waals surface area (Å²) >= 11 is 5.89. The molecule has 4 heteroatoms. The predicted molar refractivity (Wildman–Crippen MR) is 87.0 cm³/mol. The monoisotopic (exact) mass is 311 g/mol. The van der Waals surface area contributed by atoms with Crippen LogP contribution in [-0.2, 0) is 0 Å². The van der Waals surface area contributed by atoms with E-state index < -0.39 is 6.10 Å². The lowest BCUT2D eigenvalue weighted by Crippen LogP contribution is -2.38. The molecule has 1 fully saturated rings. The molecule has 21 heavy (non-hydrogen) atoms. The number of benzene rings is 1. The van der Waals surface area contributed by atoms with Gasteiger partial charge in [0.15, 0.2) is 0 Å². The van der Waals surface area contributed by atoms with Gasteiger partial charge < -0.3 is 15.2 Å². The third-order valence-electron chi connectivity index (χ3n) is 4.53. The molecule has 2 N–H and O–H groups in total. The van der Waals surface area contributed by atoms with Crippen LogP contribution in [0.1, 0.15) is 39.0 Å². The largest absolute Gasteiger partial charge is 0.491 e. The highest BCUT2D eigenvalue weighted by atomic mass is 35.5. The zero-order valence-corrected chi connectivity index (χ0v) is 13.5. The summed E-state index contributed by atoms with van der Waals surface area (Å²) in [7, 11) is 0. The minimum absolute atomic E-state index is 0.284. The highest BCUT2D eigenvalue weighted by Gasteiger charge is 2.31. The molecule has 1 aliphatic carbocycles. The average Bonchev–Trinajstić information content (AvgIpc) is 2.95. The fraction of sp³-hybridized carbons (Fsp3) is 0.647. The third kappa shape index (κ3) is 5.17. The minimum Gasteiger partial charge on any atom is -0.491 e. The van der Waals surface area contributed by atoms with Crippen molar-refractivity contribution in [1.82, 2.24) is 5.32 Å². The molecule has 1 unspecified atom stereocenters. The Balaban J connectivity index is 1.66. The average molecular weight is 312 g/mol. The fourth-order valence-electron chi connectivity index (χ4n) is 3.09. The summed E-state index contributed by atoms with van der Waals surface area (Å²) in [6, 6.07) is 7.24. The van der Waals surface area contributed by atoms with Crippen molar-refractivity contribution in [3.63, 3.8) is 0 Å². The summed E-state index contributed by atoms with van der Waals surface area (Å²) < 4.78 is 5.55. The Morgan fingerprint density at radius 2 is 2.14 bits per heavy atom. The third-order valence-corrected chi connectivity index (χ3v) is 4.77. The SMILES string of the molecule is CCC1(CNCC(O)COc2cccc(Cl)c2)CCCC1. The number of rotatable bonds is 8. The van der Waals surface area contributed by atoms with Gasteiger partial charge in [-0.1, -0.05) is 37.4 Å². The number of hydrogen-bond donors (Lipinski definition) is 2. The van der Waals surface area contributed by atoms with E-state index in [-0.39, 0.29) is 6.61 Å². The highest BCUT2D eigenvalue weighted by Crippen LogP contribution is 2.40. The van der Waals surface area contributed by atoms with Gasteiger partial charge in [0.05, 0.1) is 0 Å². The van der Waals surface area contributed by atoms with Crippen molar-refractivity contribution in [1.29, 1.82) is 0 Å². The second kappa shape index (κ2) is 8.02. The van der Waals surface area contributed by atoms with E-state index >= 15 is 0 Å². The first-order chi connectivity index (χ1) is 10.1. The maximum atomic E-state index is 9.99. The van der Waals surface area contributed by atoms with E-state index in [9.17, 15) is 5.11 Å². The molecular formula is C17H26ClNO2. The highest BCUT2D eigenvalue weighted by molar-refractivity contribution is 6.30. The van der Waals surface area contributed by atoms with Crippen molar-refractivity contribution in [2.75, 3.05) is 19.7 Å². The normalized spacial score (nSPS) is 18.6. The second-order valence-corrected chi connectivity index (χ2v) is 6.55. The van der Waals surface area contributed by atoms with E-state index in [0.717, 1.165) is 6.54 Å². The topological polar surface area (TPSA) is 41.5 Å². The molecule has 0 saturated heterocycles. The van der Waals surface area contributed by atoms with Crippen LogP contribution in [0.2, 0.25) is 5.02 Å². The van der Waals surface area contributed by atoms with Gasteiger partial charge in [0.1, 0.15) is 18.5 Å². The number of aliphatic hydroxyl groups excluding tert-OH is 1. The summed E-state index contributed by atoms with van der Waals surface area (Å²) in [5, 5.41) is 14.0. The summed E-state index contributed by atoms with van der Waals surface area (Å²) in [6.07, 6.45) is 6.03. The molecule has 1 aromatic carbocycles. The molecule has 1 atom stereocenters. The van der Waals surface area contributed by atoms with Crippen molar-refractivity contribution in [2.45, 2.75) is 45.1 Å². The smallest absolute Gasteiger partial charge is 0.120 e. The van der Waals surface area contributed by atoms with Gasteiger partial charge in [-0.2, -0.15) is 0 Å². The molecule has 0 heterocycles. The molecule has 1 saturated carbocycles. The van der Waals surface area contributed by atoms with Crippen LogP contribution in [0.5, 0.6) is 5.75 Å². The molecule has 0 aromatic heterocycles. The Morgan fingerprint density at radius 1 is 1.38 bits per heavy atom. The van der Waals surface area contributed by atoms with Gasteiger partial charge in [-0.15, -0.1) is 0 Å². The van der Waals surface area contributed by atoms with Gasteiger partial charge in [-0.3, -0.25) is 0 Å². The lowest BCUT2D eigenvalue weighted by molar-refractivity contribution is 0.102. The van der Waals surface area contributed by atoms with Gasteiger partial charge >= 0.3 is 0 Å². The lowest BCUT2D eigenvalue weighted by Gasteiger charge is -2.28. The lowest BCUT2D eigenvalue weighted by atomic mass is 9.83. The van der Waals surface area contributed by atoms with E-state index in [1.54, 1.807) is 12.1 Å². The number of ether oxygens (including phenoxy) is 1. The first-order valence-corrected chi connectivity index (χ1v) is 8.28. The summed E-state index contributed by atoms with van der Waals surface area (Å²) in [4.78, 5) is 0.